The molecule has 2 N–H and O–H groups in total. The largest absolute Gasteiger partial charge is 0.479 e. The van der Waals surface area contributed by atoms with Crippen molar-refractivity contribution < 1.29 is 15.0 Å². The number of rotatable bonds is 20. The van der Waals surface area contributed by atoms with Gasteiger partial charge in [-0.15, -0.1) is 0 Å². The van der Waals surface area contributed by atoms with Crippen LogP contribution >= 0.6 is 0 Å². The molecule has 0 aliphatic heterocycles. The van der Waals surface area contributed by atoms with Crippen LogP contribution in [-0.4, -0.2) is 21.8 Å². The molecular formula is C23H46O3. The monoisotopic (exact) mass is 370 g/mol. The minimum atomic E-state index is -1.50. The summed E-state index contributed by atoms with van der Waals surface area (Å²) in [6, 6.07) is 0. The molecule has 1 unspecified atom stereocenters. The summed E-state index contributed by atoms with van der Waals surface area (Å²) in [4.78, 5) is 11.5. The van der Waals surface area contributed by atoms with Gasteiger partial charge < -0.3 is 10.2 Å². The highest BCUT2D eigenvalue weighted by Crippen LogP contribution is 2.24. The molecule has 156 valence electrons. The van der Waals surface area contributed by atoms with Crippen molar-refractivity contribution >= 4 is 5.97 Å². The molecule has 0 heterocycles. The molecule has 0 saturated carbocycles. The van der Waals surface area contributed by atoms with Gasteiger partial charge in [-0.05, 0) is 25.7 Å². The zero-order valence-corrected chi connectivity index (χ0v) is 17.7. The summed E-state index contributed by atoms with van der Waals surface area (Å²) in [5.74, 6) is -1.03. The van der Waals surface area contributed by atoms with Crippen molar-refractivity contribution in [3.05, 3.63) is 0 Å². The number of hydrogen-bond acceptors (Lipinski definition) is 2. The first kappa shape index (κ1) is 25.4. The minimum Gasteiger partial charge on any atom is -0.479 e. The highest BCUT2D eigenvalue weighted by atomic mass is 16.4. The highest BCUT2D eigenvalue weighted by Gasteiger charge is 2.34. The molecule has 3 heteroatoms. The lowest BCUT2D eigenvalue weighted by Gasteiger charge is -2.23. The Morgan fingerprint density at radius 1 is 0.577 bits per heavy atom. The SMILES string of the molecule is CCCCCCCCCCCCC(O)(CCCCCCCCC)C(=O)O. The van der Waals surface area contributed by atoms with E-state index in [1.54, 1.807) is 0 Å². The summed E-state index contributed by atoms with van der Waals surface area (Å²) >= 11 is 0. The average molecular weight is 371 g/mol. The van der Waals surface area contributed by atoms with Crippen molar-refractivity contribution in [3.63, 3.8) is 0 Å². The van der Waals surface area contributed by atoms with Gasteiger partial charge >= 0.3 is 5.97 Å². The van der Waals surface area contributed by atoms with Gasteiger partial charge in [-0.3, -0.25) is 0 Å². The first-order valence-electron chi connectivity index (χ1n) is 11.5. The van der Waals surface area contributed by atoms with Crippen molar-refractivity contribution in [1.29, 1.82) is 0 Å². The maximum Gasteiger partial charge on any atom is 0.335 e. The van der Waals surface area contributed by atoms with Crippen LogP contribution in [-0.2, 0) is 4.79 Å². The van der Waals surface area contributed by atoms with Gasteiger partial charge in [0.25, 0.3) is 0 Å². The predicted molar refractivity (Wildman–Crippen MR) is 112 cm³/mol. The number of aliphatic hydroxyl groups is 1. The highest BCUT2D eigenvalue weighted by molar-refractivity contribution is 5.76. The van der Waals surface area contributed by atoms with Crippen LogP contribution in [0.15, 0.2) is 0 Å². The Labute approximate surface area is 163 Å². The van der Waals surface area contributed by atoms with E-state index < -0.39 is 11.6 Å². The van der Waals surface area contributed by atoms with Gasteiger partial charge in [0.1, 0.15) is 0 Å². The maximum absolute atomic E-state index is 11.5. The van der Waals surface area contributed by atoms with Crippen LogP contribution in [0.25, 0.3) is 0 Å². The van der Waals surface area contributed by atoms with E-state index in [-0.39, 0.29) is 0 Å². The molecule has 0 bridgehead atoms. The average Bonchev–Trinajstić information content (AvgIpc) is 2.62. The van der Waals surface area contributed by atoms with Crippen LogP contribution in [0.4, 0.5) is 0 Å². The maximum atomic E-state index is 11.5. The van der Waals surface area contributed by atoms with Crippen molar-refractivity contribution in [2.75, 3.05) is 0 Å². The quantitative estimate of drug-likeness (QED) is 0.222. The molecule has 26 heavy (non-hydrogen) atoms. The Kier molecular flexibility index (Phi) is 17.4. The minimum absolute atomic E-state index is 0.410. The number of aliphatic carboxylic acids is 1. The lowest BCUT2D eigenvalue weighted by molar-refractivity contribution is -0.160. The molecule has 0 aliphatic carbocycles. The third-order valence-corrected chi connectivity index (χ3v) is 5.54. The molecule has 0 aliphatic rings. The molecular weight excluding hydrogens is 324 g/mol. The smallest absolute Gasteiger partial charge is 0.335 e. The molecule has 0 aromatic carbocycles. The number of carboxylic acid groups (broad SMARTS) is 1. The van der Waals surface area contributed by atoms with E-state index in [1.807, 2.05) is 0 Å². The molecule has 0 radical (unpaired) electrons. The Morgan fingerprint density at radius 3 is 1.12 bits per heavy atom. The van der Waals surface area contributed by atoms with Gasteiger partial charge in [-0.25, -0.2) is 4.79 Å². The standard InChI is InChI=1S/C23H46O3/c1-3-5-7-9-11-12-13-15-17-19-21-23(26,22(24)25)20-18-16-14-10-8-6-4-2/h26H,3-21H2,1-2H3,(H,24,25). The molecule has 0 aromatic heterocycles. The van der Waals surface area contributed by atoms with Gasteiger partial charge in [-0.1, -0.05) is 110 Å². The van der Waals surface area contributed by atoms with Gasteiger partial charge in [-0.2, -0.15) is 0 Å². The van der Waals surface area contributed by atoms with E-state index in [0.29, 0.717) is 12.8 Å². The van der Waals surface area contributed by atoms with Gasteiger partial charge in [0, 0.05) is 0 Å². The van der Waals surface area contributed by atoms with Crippen molar-refractivity contribution in [2.45, 2.75) is 141 Å². The summed E-state index contributed by atoms with van der Waals surface area (Å²) in [5, 5.41) is 19.9. The van der Waals surface area contributed by atoms with Crippen molar-refractivity contribution in [2.24, 2.45) is 0 Å². The van der Waals surface area contributed by atoms with E-state index in [0.717, 1.165) is 32.1 Å². The Balaban J connectivity index is 3.68. The Morgan fingerprint density at radius 2 is 0.846 bits per heavy atom. The molecule has 0 amide bonds. The molecule has 0 saturated heterocycles. The first-order chi connectivity index (χ1) is 12.6. The molecule has 0 spiro atoms. The van der Waals surface area contributed by atoms with E-state index in [9.17, 15) is 15.0 Å². The number of hydrogen-bond donors (Lipinski definition) is 2. The second kappa shape index (κ2) is 17.8. The Hall–Kier alpha value is -0.570. The van der Waals surface area contributed by atoms with Crippen LogP contribution in [0.3, 0.4) is 0 Å². The normalized spacial score (nSPS) is 13.7. The third kappa shape index (κ3) is 14.6. The third-order valence-electron chi connectivity index (χ3n) is 5.54. The van der Waals surface area contributed by atoms with Crippen LogP contribution in [0, 0.1) is 0 Å². The van der Waals surface area contributed by atoms with Crippen LogP contribution < -0.4 is 0 Å². The lowest BCUT2D eigenvalue weighted by Crippen LogP contribution is -2.38. The molecule has 1 atom stereocenters. The summed E-state index contributed by atoms with van der Waals surface area (Å²) in [7, 11) is 0. The van der Waals surface area contributed by atoms with Gasteiger partial charge in [0.2, 0.25) is 0 Å². The number of unbranched alkanes of at least 4 members (excludes halogenated alkanes) is 15. The first-order valence-corrected chi connectivity index (χ1v) is 11.5. The summed E-state index contributed by atoms with van der Waals surface area (Å²) in [5.41, 5.74) is -1.50. The van der Waals surface area contributed by atoms with Crippen molar-refractivity contribution in [1.82, 2.24) is 0 Å². The van der Waals surface area contributed by atoms with Crippen LogP contribution in [0.2, 0.25) is 0 Å². The number of carboxylic acids is 1. The van der Waals surface area contributed by atoms with E-state index in [2.05, 4.69) is 13.8 Å². The topological polar surface area (TPSA) is 57.5 Å². The van der Waals surface area contributed by atoms with Crippen LogP contribution in [0.5, 0.6) is 0 Å². The number of carbonyl (C=O) groups is 1. The van der Waals surface area contributed by atoms with Gasteiger partial charge in [0.15, 0.2) is 5.60 Å². The lowest BCUT2D eigenvalue weighted by atomic mass is 9.89. The van der Waals surface area contributed by atoms with E-state index >= 15 is 0 Å². The summed E-state index contributed by atoms with van der Waals surface area (Å²) in [6.07, 6.45) is 21.2. The fourth-order valence-electron chi connectivity index (χ4n) is 3.62. The van der Waals surface area contributed by atoms with E-state index in [1.165, 1.54) is 77.0 Å². The second-order valence-electron chi connectivity index (χ2n) is 8.14. The molecule has 0 aromatic rings. The molecule has 0 rings (SSSR count). The fraction of sp³-hybridized carbons (Fsp3) is 0.957. The van der Waals surface area contributed by atoms with Crippen LogP contribution in [0.1, 0.15) is 136 Å². The predicted octanol–water partition coefficient (Wildman–Crippen LogP) is 7.25. The second-order valence-corrected chi connectivity index (χ2v) is 8.14. The molecule has 3 nitrogen and oxygen atoms in total. The summed E-state index contributed by atoms with van der Waals surface area (Å²) < 4.78 is 0. The van der Waals surface area contributed by atoms with Crippen molar-refractivity contribution in [3.8, 4) is 0 Å². The zero-order chi connectivity index (χ0) is 19.5. The van der Waals surface area contributed by atoms with E-state index in [4.69, 9.17) is 0 Å². The fourth-order valence-corrected chi connectivity index (χ4v) is 3.62. The summed E-state index contributed by atoms with van der Waals surface area (Å²) in [6.45, 7) is 4.45. The molecule has 0 fully saturated rings. The Bertz CT molecular complexity index is 317. The zero-order valence-electron chi connectivity index (χ0n) is 17.7. The van der Waals surface area contributed by atoms with Gasteiger partial charge in [0.05, 0.1) is 0 Å².